The molecule has 5 N–H and O–H groups in total. The van der Waals surface area contributed by atoms with Crippen molar-refractivity contribution in [1.29, 1.82) is 0 Å². The van der Waals surface area contributed by atoms with E-state index in [0.29, 0.717) is 28.6 Å². The van der Waals surface area contributed by atoms with Crippen LogP contribution in [0.5, 0.6) is 0 Å². The van der Waals surface area contributed by atoms with E-state index in [-0.39, 0.29) is 30.7 Å². The summed E-state index contributed by atoms with van der Waals surface area (Å²) in [6.45, 7) is 0.0848. The number of carbonyl (C=O) groups is 3. The van der Waals surface area contributed by atoms with Crippen molar-refractivity contribution in [3.63, 3.8) is 0 Å². The number of aromatic nitrogens is 2. The number of aliphatic hydroxyl groups is 1. The maximum Gasteiger partial charge on any atom is 0.248 e. The van der Waals surface area contributed by atoms with E-state index in [1.165, 1.54) is 18.3 Å². The SMILES string of the molecule is NC(=O)c1ccc(NC(=O)CSc2ncc(CO)n2CC(=O)NCc2ccccc2)cc1. The van der Waals surface area contributed by atoms with Crippen molar-refractivity contribution >= 4 is 35.2 Å². The molecule has 0 radical (unpaired) electrons. The van der Waals surface area contributed by atoms with Gasteiger partial charge in [0.15, 0.2) is 5.16 Å². The van der Waals surface area contributed by atoms with Gasteiger partial charge in [0.25, 0.3) is 0 Å². The molecule has 2 aromatic carbocycles. The fourth-order valence-corrected chi connectivity index (χ4v) is 3.64. The van der Waals surface area contributed by atoms with E-state index in [4.69, 9.17) is 5.73 Å². The monoisotopic (exact) mass is 453 g/mol. The number of thioether (sulfide) groups is 1. The van der Waals surface area contributed by atoms with Crippen LogP contribution in [0.1, 0.15) is 21.6 Å². The van der Waals surface area contributed by atoms with Gasteiger partial charge < -0.3 is 26.0 Å². The molecule has 1 aromatic heterocycles. The number of nitrogens with zero attached hydrogens (tertiary/aromatic N) is 2. The summed E-state index contributed by atoms with van der Waals surface area (Å²) in [7, 11) is 0. The molecule has 0 atom stereocenters. The van der Waals surface area contributed by atoms with Crippen molar-refractivity contribution in [1.82, 2.24) is 14.9 Å². The highest BCUT2D eigenvalue weighted by Gasteiger charge is 2.15. The Morgan fingerprint density at radius 3 is 2.41 bits per heavy atom. The molecule has 0 spiro atoms. The van der Waals surface area contributed by atoms with Crippen LogP contribution in [-0.4, -0.2) is 38.1 Å². The van der Waals surface area contributed by atoms with E-state index in [1.54, 1.807) is 16.7 Å². The number of carbonyl (C=O) groups excluding carboxylic acids is 3. The number of nitrogens with one attached hydrogen (secondary N) is 2. The third-order valence-electron chi connectivity index (χ3n) is 4.48. The first-order valence-electron chi connectivity index (χ1n) is 9.74. The fraction of sp³-hybridized carbons (Fsp3) is 0.182. The van der Waals surface area contributed by atoms with Crippen LogP contribution in [-0.2, 0) is 29.3 Å². The van der Waals surface area contributed by atoms with Crippen molar-refractivity contribution in [2.24, 2.45) is 5.73 Å². The maximum atomic E-state index is 12.4. The molecule has 166 valence electrons. The van der Waals surface area contributed by atoms with E-state index in [2.05, 4.69) is 15.6 Å². The van der Waals surface area contributed by atoms with Crippen LogP contribution in [0.25, 0.3) is 0 Å². The molecular weight excluding hydrogens is 430 g/mol. The number of rotatable bonds is 10. The maximum absolute atomic E-state index is 12.4. The van der Waals surface area contributed by atoms with Crippen LogP contribution in [0.15, 0.2) is 66.0 Å². The molecule has 10 heteroatoms. The van der Waals surface area contributed by atoms with Gasteiger partial charge in [-0.1, -0.05) is 42.1 Å². The Labute approximate surface area is 189 Å². The molecule has 0 aliphatic rings. The number of anilines is 1. The number of benzene rings is 2. The molecule has 0 saturated heterocycles. The minimum absolute atomic E-state index is 0.0265. The molecule has 1 heterocycles. The van der Waals surface area contributed by atoms with Gasteiger partial charge in [-0.25, -0.2) is 4.98 Å². The van der Waals surface area contributed by atoms with Crippen molar-refractivity contribution < 1.29 is 19.5 Å². The summed E-state index contributed by atoms with van der Waals surface area (Å²) in [6, 6.07) is 15.8. The van der Waals surface area contributed by atoms with Crippen LogP contribution < -0.4 is 16.4 Å². The lowest BCUT2D eigenvalue weighted by atomic mass is 10.2. The van der Waals surface area contributed by atoms with Crippen molar-refractivity contribution in [3.05, 3.63) is 77.6 Å². The van der Waals surface area contributed by atoms with Gasteiger partial charge in [0.2, 0.25) is 17.7 Å². The summed E-state index contributed by atoms with van der Waals surface area (Å²) < 4.78 is 1.58. The molecule has 3 rings (SSSR count). The average Bonchev–Trinajstić information content (AvgIpc) is 3.18. The summed E-state index contributed by atoms with van der Waals surface area (Å²) in [4.78, 5) is 40.0. The Hall–Kier alpha value is -3.63. The predicted molar refractivity (Wildman–Crippen MR) is 121 cm³/mol. The Balaban J connectivity index is 1.56. The standard InChI is InChI=1S/C22H23N5O4S/c23-21(31)16-6-8-17(9-7-16)26-20(30)14-32-22-25-11-18(13-28)27(22)12-19(29)24-10-15-4-2-1-3-5-15/h1-9,11,28H,10,12-14H2,(H2,23,31)(H,24,29)(H,26,30). The molecule has 0 saturated carbocycles. The summed E-state index contributed by atoms with van der Waals surface area (Å²) in [5, 5.41) is 15.6. The van der Waals surface area contributed by atoms with Gasteiger partial charge in [0.05, 0.1) is 24.3 Å². The number of imidazole rings is 1. The van der Waals surface area contributed by atoms with E-state index < -0.39 is 5.91 Å². The largest absolute Gasteiger partial charge is 0.390 e. The number of amides is 3. The molecule has 9 nitrogen and oxygen atoms in total. The third-order valence-corrected chi connectivity index (χ3v) is 5.47. The van der Waals surface area contributed by atoms with E-state index in [0.717, 1.165) is 17.3 Å². The molecule has 32 heavy (non-hydrogen) atoms. The zero-order chi connectivity index (χ0) is 22.9. The van der Waals surface area contributed by atoms with E-state index >= 15 is 0 Å². The van der Waals surface area contributed by atoms with Gasteiger partial charge in [0, 0.05) is 17.8 Å². The van der Waals surface area contributed by atoms with Crippen LogP contribution in [0.4, 0.5) is 5.69 Å². The Morgan fingerprint density at radius 1 is 1.03 bits per heavy atom. The topological polar surface area (TPSA) is 139 Å². The van der Waals surface area contributed by atoms with Crippen LogP contribution in [0.3, 0.4) is 0 Å². The number of primary amides is 1. The van der Waals surface area contributed by atoms with Crippen molar-refractivity contribution in [2.75, 3.05) is 11.1 Å². The third kappa shape index (κ3) is 6.43. The van der Waals surface area contributed by atoms with Crippen molar-refractivity contribution in [2.45, 2.75) is 24.9 Å². The van der Waals surface area contributed by atoms with Gasteiger partial charge >= 0.3 is 0 Å². The smallest absolute Gasteiger partial charge is 0.248 e. The number of nitrogens with two attached hydrogens (primary N) is 1. The highest BCUT2D eigenvalue weighted by atomic mass is 32.2. The lowest BCUT2D eigenvalue weighted by molar-refractivity contribution is -0.122. The molecule has 0 fully saturated rings. The van der Waals surface area contributed by atoms with Gasteiger partial charge in [0.1, 0.15) is 6.54 Å². The lowest BCUT2D eigenvalue weighted by Gasteiger charge is -2.11. The first-order chi connectivity index (χ1) is 15.5. The molecule has 0 aliphatic heterocycles. The van der Waals surface area contributed by atoms with Crippen molar-refractivity contribution in [3.8, 4) is 0 Å². The first kappa shape index (κ1) is 23.0. The second-order valence-corrected chi connectivity index (χ2v) is 7.76. The summed E-state index contributed by atoms with van der Waals surface area (Å²) in [5.74, 6) is -1.01. The molecule has 0 unspecified atom stereocenters. The lowest BCUT2D eigenvalue weighted by Crippen LogP contribution is -2.28. The zero-order valence-electron chi connectivity index (χ0n) is 17.2. The number of hydrogen-bond donors (Lipinski definition) is 4. The molecular formula is C22H23N5O4S. The number of aliphatic hydroxyl groups excluding tert-OH is 1. The fourth-order valence-electron chi connectivity index (χ4n) is 2.84. The Bertz CT molecular complexity index is 1080. The van der Waals surface area contributed by atoms with Gasteiger partial charge in [-0.15, -0.1) is 0 Å². The van der Waals surface area contributed by atoms with Crippen LogP contribution in [0.2, 0.25) is 0 Å². The minimum atomic E-state index is -0.544. The summed E-state index contributed by atoms with van der Waals surface area (Å²) >= 11 is 1.15. The van der Waals surface area contributed by atoms with Gasteiger partial charge in [-0.2, -0.15) is 0 Å². The van der Waals surface area contributed by atoms with Gasteiger partial charge in [-0.05, 0) is 29.8 Å². The summed E-state index contributed by atoms with van der Waals surface area (Å²) in [5.41, 5.74) is 7.53. The quantitative estimate of drug-likeness (QED) is 0.343. The molecule has 0 bridgehead atoms. The predicted octanol–water partition coefficient (Wildman–Crippen LogP) is 1.52. The zero-order valence-corrected chi connectivity index (χ0v) is 18.0. The summed E-state index contributed by atoms with van der Waals surface area (Å²) in [6.07, 6.45) is 1.48. The highest BCUT2D eigenvalue weighted by Crippen LogP contribution is 2.19. The second kappa shape index (κ2) is 11.1. The average molecular weight is 454 g/mol. The second-order valence-electron chi connectivity index (χ2n) is 6.82. The molecule has 3 amide bonds. The van der Waals surface area contributed by atoms with Gasteiger partial charge in [-0.3, -0.25) is 14.4 Å². The Morgan fingerprint density at radius 2 is 1.75 bits per heavy atom. The normalized spacial score (nSPS) is 10.5. The van der Waals surface area contributed by atoms with E-state index in [9.17, 15) is 19.5 Å². The van der Waals surface area contributed by atoms with E-state index in [1.807, 2.05) is 30.3 Å². The Kier molecular flexibility index (Phi) is 8.01. The number of hydrogen-bond acceptors (Lipinski definition) is 6. The highest BCUT2D eigenvalue weighted by molar-refractivity contribution is 7.99. The first-order valence-corrected chi connectivity index (χ1v) is 10.7. The molecule has 0 aliphatic carbocycles. The molecule has 3 aromatic rings. The minimum Gasteiger partial charge on any atom is -0.390 e. The van der Waals surface area contributed by atoms with Crippen LogP contribution >= 0.6 is 11.8 Å². The van der Waals surface area contributed by atoms with Crippen LogP contribution in [0, 0.1) is 0 Å².